The molecule has 2 heterocycles. The molecule has 31 heavy (non-hydrogen) atoms. The van der Waals surface area contributed by atoms with Gasteiger partial charge in [-0.05, 0) is 25.1 Å². The highest BCUT2D eigenvalue weighted by molar-refractivity contribution is 6.02. The first kappa shape index (κ1) is 22.3. The van der Waals surface area contributed by atoms with Crippen LogP contribution in [-0.4, -0.2) is 34.1 Å². The summed E-state index contributed by atoms with van der Waals surface area (Å²) in [6, 6.07) is 0.213. The molecule has 0 radical (unpaired) electrons. The Hall–Kier alpha value is -3.38. The molecule has 0 saturated heterocycles. The van der Waals surface area contributed by atoms with Gasteiger partial charge in [-0.15, -0.1) is 0 Å². The number of nitrogens with one attached hydrogen (secondary N) is 1. The van der Waals surface area contributed by atoms with Crippen LogP contribution in [0.15, 0.2) is 35.6 Å². The Morgan fingerprint density at radius 1 is 1.29 bits per heavy atom. The number of benzene rings is 1. The lowest BCUT2D eigenvalue weighted by Gasteiger charge is -2.37. The number of rotatable bonds is 4. The van der Waals surface area contributed by atoms with Gasteiger partial charge in [-0.1, -0.05) is 0 Å². The van der Waals surface area contributed by atoms with E-state index in [4.69, 9.17) is 10.5 Å². The molecule has 3 N–H and O–H groups in total. The van der Waals surface area contributed by atoms with Crippen LogP contribution in [0.3, 0.4) is 0 Å². The standard InChI is InChI=1S/C18H15F6N5O2/c1-17(5-13(18(22,23)24)29-16(25)31-17)9-4-8(2-3-10(9)19)28-15(30)12-7-26-11(6-27-12)14(20)21/h2-4,6-7,13-14H,5H2,1H3,(H2,25,29)(H,28,30)/t13-,17-/m0/s1. The van der Waals surface area contributed by atoms with Gasteiger partial charge in [-0.3, -0.25) is 9.78 Å². The van der Waals surface area contributed by atoms with Crippen molar-refractivity contribution in [3.05, 3.63) is 53.4 Å². The van der Waals surface area contributed by atoms with Crippen molar-refractivity contribution >= 4 is 17.6 Å². The number of carbonyl (C=O) groups excluding carboxylic acids is 1. The molecule has 0 spiro atoms. The van der Waals surface area contributed by atoms with Crippen LogP contribution < -0.4 is 11.1 Å². The molecule has 0 saturated carbocycles. The summed E-state index contributed by atoms with van der Waals surface area (Å²) < 4.78 is 84.3. The van der Waals surface area contributed by atoms with Gasteiger partial charge in [0.15, 0.2) is 6.04 Å². The molecule has 0 aliphatic carbocycles. The average Bonchev–Trinajstić information content (AvgIpc) is 2.68. The number of hydrogen-bond donors (Lipinski definition) is 2. The maximum absolute atomic E-state index is 14.5. The molecule has 13 heteroatoms. The molecule has 0 unspecified atom stereocenters. The van der Waals surface area contributed by atoms with Crippen LogP contribution in [0.1, 0.15) is 41.5 Å². The highest BCUT2D eigenvalue weighted by atomic mass is 19.4. The summed E-state index contributed by atoms with van der Waals surface area (Å²) in [5.74, 6) is -1.74. The van der Waals surface area contributed by atoms with Crippen molar-refractivity contribution in [1.82, 2.24) is 9.97 Å². The van der Waals surface area contributed by atoms with E-state index in [9.17, 15) is 31.1 Å². The highest BCUT2D eigenvalue weighted by Crippen LogP contribution is 2.41. The number of aromatic nitrogens is 2. The van der Waals surface area contributed by atoms with E-state index in [1.807, 2.05) is 0 Å². The summed E-state index contributed by atoms with van der Waals surface area (Å²) in [4.78, 5) is 22.5. The number of hydrogen-bond acceptors (Lipinski definition) is 6. The van der Waals surface area contributed by atoms with Gasteiger partial charge >= 0.3 is 6.18 Å². The zero-order valence-electron chi connectivity index (χ0n) is 15.8. The number of aliphatic imine (C=N–C) groups is 1. The molecule has 0 bridgehead atoms. The summed E-state index contributed by atoms with van der Waals surface area (Å²) >= 11 is 0. The number of carbonyl (C=O) groups is 1. The molecule has 3 rings (SSSR count). The van der Waals surface area contributed by atoms with E-state index in [1.165, 1.54) is 6.92 Å². The quantitative estimate of drug-likeness (QED) is 0.697. The second kappa shape index (κ2) is 8.04. The van der Waals surface area contributed by atoms with E-state index in [0.717, 1.165) is 30.6 Å². The van der Waals surface area contributed by atoms with Crippen LogP contribution >= 0.6 is 0 Å². The van der Waals surface area contributed by atoms with Gasteiger partial charge in [0.2, 0.25) is 0 Å². The van der Waals surface area contributed by atoms with Crippen molar-refractivity contribution in [2.24, 2.45) is 10.7 Å². The maximum Gasteiger partial charge on any atom is 0.411 e. The van der Waals surface area contributed by atoms with Gasteiger partial charge < -0.3 is 15.8 Å². The van der Waals surface area contributed by atoms with Crippen LogP contribution in [0.2, 0.25) is 0 Å². The monoisotopic (exact) mass is 447 g/mol. The van der Waals surface area contributed by atoms with Crippen LogP contribution in [-0.2, 0) is 10.3 Å². The number of nitrogens with two attached hydrogens (primary N) is 1. The number of anilines is 1. The van der Waals surface area contributed by atoms with Gasteiger partial charge in [0.25, 0.3) is 18.4 Å². The van der Waals surface area contributed by atoms with Crippen molar-refractivity contribution in [2.75, 3.05) is 5.32 Å². The Bertz CT molecular complexity index is 1010. The SMILES string of the molecule is C[C@@]1(c2cc(NC(=O)c3cnc(C(F)F)cn3)ccc2F)C[C@@H](C(F)(F)F)N=C(N)O1. The number of amidine groups is 1. The van der Waals surface area contributed by atoms with E-state index < -0.39 is 54.1 Å². The second-order valence-corrected chi connectivity index (χ2v) is 6.84. The zero-order chi connectivity index (χ0) is 23.0. The summed E-state index contributed by atoms with van der Waals surface area (Å²) in [6.45, 7) is 1.21. The molecule has 7 nitrogen and oxygen atoms in total. The molecule has 1 amide bonds. The van der Waals surface area contributed by atoms with Crippen molar-refractivity contribution in [2.45, 2.75) is 37.6 Å². The van der Waals surface area contributed by atoms with E-state index in [2.05, 4.69) is 20.3 Å². The third-order valence-corrected chi connectivity index (χ3v) is 4.50. The van der Waals surface area contributed by atoms with Crippen LogP contribution in [0.5, 0.6) is 0 Å². The van der Waals surface area contributed by atoms with Crippen LogP contribution in [0.25, 0.3) is 0 Å². The Morgan fingerprint density at radius 3 is 2.58 bits per heavy atom. The molecule has 2 aromatic rings. The van der Waals surface area contributed by atoms with E-state index >= 15 is 0 Å². The van der Waals surface area contributed by atoms with Crippen molar-refractivity contribution in [3.63, 3.8) is 0 Å². The smallest absolute Gasteiger partial charge is 0.411 e. The van der Waals surface area contributed by atoms with Crippen LogP contribution in [0, 0.1) is 5.82 Å². The molecule has 2 atom stereocenters. The first-order chi connectivity index (χ1) is 14.4. The van der Waals surface area contributed by atoms with Crippen molar-refractivity contribution < 1.29 is 35.9 Å². The summed E-state index contributed by atoms with van der Waals surface area (Å²) in [6.07, 6.45) is -6.77. The Labute approximate surface area is 171 Å². The molecular formula is C18H15F6N5O2. The molecule has 1 aromatic heterocycles. The van der Waals surface area contributed by atoms with Crippen molar-refractivity contribution in [3.8, 4) is 0 Å². The average molecular weight is 447 g/mol. The molecule has 0 fully saturated rings. The van der Waals surface area contributed by atoms with Gasteiger partial charge in [0.1, 0.15) is 22.8 Å². The lowest BCUT2D eigenvalue weighted by atomic mass is 9.87. The number of amides is 1. The summed E-state index contributed by atoms with van der Waals surface area (Å²) in [7, 11) is 0. The number of ether oxygens (including phenoxy) is 1. The number of halogens is 6. The van der Waals surface area contributed by atoms with E-state index in [0.29, 0.717) is 0 Å². The number of nitrogens with zero attached hydrogens (tertiary/aromatic N) is 3. The van der Waals surface area contributed by atoms with E-state index in [-0.39, 0.29) is 16.9 Å². The first-order valence-electron chi connectivity index (χ1n) is 8.69. The molecule has 1 aliphatic heterocycles. The Balaban J connectivity index is 1.86. The lowest BCUT2D eigenvalue weighted by molar-refractivity contribution is -0.164. The van der Waals surface area contributed by atoms with E-state index in [1.54, 1.807) is 0 Å². The predicted molar refractivity (Wildman–Crippen MR) is 95.9 cm³/mol. The fourth-order valence-corrected chi connectivity index (χ4v) is 2.99. The minimum absolute atomic E-state index is 0.00407. The van der Waals surface area contributed by atoms with Gasteiger partial charge in [0, 0.05) is 17.7 Å². The Morgan fingerprint density at radius 2 is 2.00 bits per heavy atom. The summed E-state index contributed by atoms with van der Waals surface area (Å²) in [5, 5.41) is 2.35. The van der Waals surface area contributed by atoms with Gasteiger partial charge in [-0.25, -0.2) is 23.1 Å². The molecular weight excluding hydrogens is 432 g/mol. The van der Waals surface area contributed by atoms with Gasteiger partial charge in [0.05, 0.1) is 12.4 Å². The van der Waals surface area contributed by atoms with Crippen LogP contribution in [0.4, 0.5) is 32.0 Å². The fourth-order valence-electron chi connectivity index (χ4n) is 2.99. The largest absolute Gasteiger partial charge is 0.454 e. The fraction of sp³-hybridized carbons (Fsp3) is 0.333. The normalized spacial score (nSPS) is 21.4. The molecule has 166 valence electrons. The maximum atomic E-state index is 14.5. The first-order valence-corrected chi connectivity index (χ1v) is 8.69. The minimum atomic E-state index is -4.72. The summed E-state index contributed by atoms with van der Waals surface area (Å²) in [5.41, 5.74) is 2.33. The third-order valence-electron chi connectivity index (χ3n) is 4.50. The molecule has 1 aliphatic rings. The molecule has 1 aromatic carbocycles. The topological polar surface area (TPSA) is 102 Å². The number of alkyl halides is 5. The van der Waals surface area contributed by atoms with Crippen molar-refractivity contribution in [1.29, 1.82) is 0 Å². The third kappa shape index (κ3) is 4.86. The Kier molecular flexibility index (Phi) is 5.79. The lowest BCUT2D eigenvalue weighted by Crippen LogP contribution is -2.46. The minimum Gasteiger partial charge on any atom is -0.454 e. The van der Waals surface area contributed by atoms with Gasteiger partial charge in [-0.2, -0.15) is 13.2 Å². The zero-order valence-corrected chi connectivity index (χ0v) is 15.8. The predicted octanol–water partition coefficient (Wildman–Crippen LogP) is 3.69. The highest BCUT2D eigenvalue weighted by Gasteiger charge is 2.49. The second-order valence-electron chi connectivity index (χ2n) is 6.84.